The molecule has 0 atom stereocenters. The third kappa shape index (κ3) is 4.79. The van der Waals surface area contributed by atoms with E-state index in [2.05, 4.69) is 10.6 Å². The molecular weight excluding hydrogens is 320 g/mol. The van der Waals surface area contributed by atoms with Gasteiger partial charge in [-0.1, -0.05) is 0 Å². The molecule has 2 aromatic carbocycles. The van der Waals surface area contributed by atoms with E-state index in [4.69, 9.17) is 14.2 Å². The summed E-state index contributed by atoms with van der Waals surface area (Å²) >= 11 is 0. The van der Waals surface area contributed by atoms with Gasteiger partial charge in [-0.2, -0.15) is 0 Å². The number of carbonyl (C=O) groups is 1. The molecule has 6 heteroatoms. The summed E-state index contributed by atoms with van der Waals surface area (Å²) in [6.07, 6.45) is 0.121. The normalized spacial score (nSPS) is 12.6. The van der Waals surface area contributed by atoms with Gasteiger partial charge in [0.1, 0.15) is 19.0 Å². The molecule has 1 amide bonds. The molecule has 3 rings (SSSR count). The summed E-state index contributed by atoms with van der Waals surface area (Å²) in [5, 5.41) is 5.92. The molecule has 0 unspecified atom stereocenters. The molecule has 0 saturated heterocycles. The minimum atomic E-state index is -0.132. The quantitative estimate of drug-likeness (QED) is 0.843. The highest BCUT2D eigenvalue weighted by atomic mass is 16.6. The van der Waals surface area contributed by atoms with Crippen LogP contribution in [0.1, 0.15) is 13.8 Å². The second kappa shape index (κ2) is 7.79. The van der Waals surface area contributed by atoms with Gasteiger partial charge in [0.2, 0.25) is 5.91 Å². The summed E-state index contributed by atoms with van der Waals surface area (Å²) in [4.78, 5) is 12.1. The van der Waals surface area contributed by atoms with E-state index in [1.807, 2.05) is 56.3 Å². The second-order valence-corrected chi connectivity index (χ2v) is 5.95. The second-order valence-electron chi connectivity index (χ2n) is 5.95. The van der Waals surface area contributed by atoms with Crippen molar-refractivity contribution in [1.29, 1.82) is 0 Å². The van der Waals surface area contributed by atoms with E-state index in [9.17, 15) is 4.79 Å². The molecule has 0 bridgehead atoms. The van der Waals surface area contributed by atoms with Crippen LogP contribution in [0, 0.1) is 0 Å². The Bertz CT molecular complexity index is 729. The Labute approximate surface area is 147 Å². The van der Waals surface area contributed by atoms with E-state index in [1.54, 1.807) is 0 Å². The maximum Gasteiger partial charge on any atom is 0.243 e. The molecule has 1 heterocycles. The number of rotatable bonds is 6. The van der Waals surface area contributed by atoms with Crippen LogP contribution in [0.5, 0.6) is 17.2 Å². The fraction of sp³-hybridized carbons (Fsp3) is 0.316. The van der Waals surface area contributed by atoms with Crippen LogP contribution in [0.25, 0.3) is 0 Å². The molecule has 0 saturated carbocycles. The predicted octanol–water partition coefficient (Wildman–Crippen LogP) is 3.30. The highest BCUT2D eigenvalue weighted by molar-refractivity contribution is 5.93. The summed E-state index contributed by atoms with van der Waals surface area (Å²) in [5.41, 5.74) is 1.53. The summed E-state index contributed by atoms with van der Waals surface area (Å²) in [6, 6.07) is 12.8. The van der Waals surface area contributed by atoms with Gasteiger partial charge in [0, 0.05) is 17.4 Å². The molecule has 2 N–H and O–H groups in total. The highest BCUT2D eigenvalue weighted by Crippen LogP contribution is 2.32. The largest absolute Gasteiger partial charge is 0.491 e. The van der Waals surface area contributed by atoms with Crippen molar-refractivity contribution in [1.82, 2.24) is 0 Å². The third-order valence-corrected chi connectivity index (χ3v) is 3.51. The highest BCUT2D eigenvalue weighted by Gasteiger charge is 2.12. The van der Waals surface area contributed by atoms with Gasteiger partial charge < -0.3 is 24.8 Å². The van der Waals surface area contributed by atoms with Crippen LogP contribution in [0.2, 0.25) is 0 Å². The first-order chi connectivity index (χ1) is 12.1. The monoisotopic (exact) mass is 342 g/mol. The molecule has 6 nitrogen and oxygen atoms in total. The average molecular weight is 342 g/mol. The molecular formula is C19H22N2O4. The van der Waals surface area contributed by atoms with Crippen molar-refractivity contribution in [2.45, 2.75) is 20.0 Å². The van der Waals surface area contributed by atoms with Crippen LogP contribution in [0.4, 0.5) is 11.4 Å². The van der Waals surface area contributed by atoms with Crippen LogP contribution < -0.4 is 24.8 Å². The lowest BCUT2D eigenvalue weighted by molar-refractivity contribution is -0.114. The first-order valence-electron chi connectivity index (χ1n) is 8.30. The van der Waals surface area contributed by atoms with Crippen LogP contribution in [-0.4, -0.2) is 31.8 Å². The number of hydrogen-bond donors (Lipinski definition) is 2. The summed E-state index contributed by atoms with van der Waals surface area (Å²) in [5.74, 6) is 2.07. The molecule has 0 radical (unpaired) electrons. The van der Waals surface area contributed by atoms with Gasteiger partial charge in [-0.3, -0.25) is 4.79 Å². The molecule has 132 valence electrons. The maximum absolute atomic E-state index is 12.1. The van der Waals surface area contributed by atoms with Crippen LogP contribution in [0.3, 0.4) is 0 Å². The van der Waals surface area contributed by atoms with Crippen molar-refractivity contribution in [2.75, 3.05) is 30.4 Å². The lowest BCUT2D eigenvalue weighted by atomic mass is 10.2. The first kappa shape index (κ1) is 17.0. The van der Waals surface area contributed by atoms with Gasteiger partial charge in [-0.25, -0.2) is 0 Å². The number of fused-ring (bicyclic) bond motifs is 1. The molecule has 0 aliphatic carbocycles. The fourth-order valence-electron chi connectivity index (χ4n) is 2.43. The standard InChI is InChI=1S/C19H22N2O4/c1-13(2)25-16-6-3-14(4-7-16)21-19(22)12-20-15-5-8-17-18(11-15)24-10-9-23-17/h3-8,11,13,20H,9-10,12H2,1-2H3,(H,21,22). The first-order valence-corrected chi connectivity index (χ1v) is 8.30. The Morgan fingerprint density at radius 3 is 2.44 bits per heavy atom. The zero-order chi connectivity index (χ0) is 17.6. The van der Waals surface area contributed by atoms with Gasteiger partial charge in [0.25, 0.3) is 0 Å². The van der Waals surface area contributed by atoms with E-state index >= 15 is 0 Å². The number of benzene rings is 2. The zero-order valence-electron chi connectivity index (χ0n) is 14.4. The van der Waals surface area contributed by atoms with Crippen LogP contribution in [0.15, 0.2) is 42.5 Å². The lowest BCUT2D eigenvalue weighted by Gasteiger charge is -2.19. The number of amides is 1. The predicted molar refractivity (Wildman–Crippen MR) is 96.8 cm³/mol. The molecule has 2 aromatic rings. The fourth-order valence-corrected chi connectivity index (χ4v) is 2.43. The van der Waals surface area contributed by atoms with Crippen LogP contribution in [-0.2, 0) is 4.79 Å². The van der Waals surface area contributed by atoms with E-state index in [-0.39, 0.29) is 18.6 Å². The summed E-state index contributed by atoms with van der Waals surface area (Å²) in [6.45, 7) is 5.19. The van der Waals surface area contributed by atoms with Crippen molar-refractivity contribution in [3.63, 3.8) is 0 Å². The average Bonchev–Trinajstić information content (AvgIpc) is 2.61. The van der Waals surface area contributed by atoms with E-state index in [0.29, 0.717) is 19.0 Å². The minimum Gasteiger partial charge on any atom is -0.491 e. The molecule has 0 spiro atoms. The van der Waals surface area contributed by atoms with Gasteiger partial charge in [-0.05, 0) is 50.2 Å². The minimum absolute atomic E-state index is 0.121. The Morgan fingerprint density at radius 1 is 1.04 bits per heavy atom. The number of anilines is 2. The third-order valence-electron chi connectivity index (χ3n) is 3.51. The van der Waals surface area contributed by atoms with E-state index in [0.717, 1.165) is 22.9 Å². The van der Waals surface area contributed by atoms with Gasteiger partial charge >= 0.3 is 0 Å². The van der Waals surface area contributed by atoms with Gasteiger partial charge in [0.15, 0.2) is 11.5 Å². The topological polar surface area (TPSA) is 68.8 Å². The zero-order valence-corrected chi connectivity index (χ0v) is 14.4. The Balaban J connectivity index is 1.51. The van der Waals surface area contributed by atoms with Crippen molar-refractivity contribution >= 4 is 17.3 Å². The lowest BCUT2D eigenvalue weighted by Crippen LogP contribution is -2.22. The molecule has 1 aliphatic heterocycles. The SMILES string of the molecule is CC(C)Oc1ccc(NC(=O)CNc2ccc3c(c2)OCCO3)cc1. The Morgan fingerprint density at radius 2 is 1.72 bits per heavy atom. The number of hydrogen-bond acceptors (Lipinski definition) is 5. The van der Waals surface area contributed by atoms with Crippen molar-refractivity contribution < 1.29 is 19.0 Å². The molecule has 1 aliphatic rings. The van der Waals surface area contributed by atoms with Gasteiger partial charge in [0.05, 0.1) is 12.6 Å². The Hall–Kier alpha value is -2.89. The van der Waals surface area contributed by atoms with Crippen molar-refractivity contribution in [3.05, 3.63) is 42.5 Å². The van der Waals surface area contributed by atoms with Crippen molar-refractivity contribution in [3.8, 4) is 17.2 Å². The Kier molecular flexibility index (Phi) is 5.28. The van der Waals surface area contributed by atoms with E-state index in [1.165, 1.54) is 0 Å². The molecule has 25 heavy (non-hydrogen) atoms. The number of ether oxygens (including phenoxy) is 3. The molecule has 0 aromatic heterocycles. The summed E-state index contributed by atoms with van der Waals surface area (Å²) < 4.78 is 16.6. The maximum atomic E-state index is 12.1. The van der Waals surface area contributed by atoms with Crippen LogP contribution >= 0.6 is 0 Å². The van der Waals surface area contributed by atoms with Crippen molar-refractivity contribution in [2.24, 2.45) is 0 Å². The number of carbonyl (C=O) groups excluding carboxylic acids is 1. The smallest absolute Gasteiger partial charge is 0.243 e. The number of nitrogens with one attached hydrogen (secondary N) is 2. The molecule has 0 fully saturated rings. The van der Waals surface area contributed by atoms with Gasteiger partial charge in [-0.15, -0.1) is 0 Å². The summed E-state index contributed by atoms with van der Waals surface area (Å²) in [7, 11) is 0. The van der Waals surface area contributed by atoms with E-state index < -0.39 is 0 Å².